The summed E-state index contributed by atoms with van der Waals surface area (Å²) in [6.07, 6.45) is 1.42. The molecule has 0 saturated carbocycles. The molecular weight excluding hydrogens is 356 g/mol. The van der Waals surface area contributed by atoms with Crippen LogP contribution in [0.15, 0.2) is 91.0 Å². The van der Waals surface area contributed by atoms with Gasteiger partial charge < -0.3 is 9.80 Å². The Kier molecular flexibility index (Phi) is 6.25. The number of anilines is 1. The molecule has 3 aromatic rings. The summed E-state index contributed by atoms with van der Waals surface area (Å²) in [6, 6.07) is 31.5. The standard InChI is InChI=1S/C26H28N2O/c29-26(28-20-18-27(19-21-28)24-14-8-3-9-15-24)17-16-25(22-10-4-1-5-11-22)23-12-6-2-7-13-23/h1-15,25H,16-21H2. The zero-order valence-electron chi connectivity index (χ0n) is 16.8. The minimum absolute atomic E-state index is 0.256. The monoisotopic (exact) mass is 384 g/mol. The molecule has 3 aromatic carbocycles. The summed E-state index contributed by atoms with van der Waals surface area (Å²) < 4.78 is 0. The highest BCUT2D eigenvalue weighted by atomic mass is 16.2. The molecule has 4 rings (SSSR count). The summed E-state index contributed by atoms with van der Waals surface area (Å²) >= 11 is 0. The SMILES string of the molecule is O=C(CCC(c1ccccc1)c1ccccc1)N1CCN(c2ccccc2)CC1. The van der Waals surface area contributed by atoms with E-state index in [1.165, 1.54) is 16.8 Å². The molecule has 148 valence electrons. The third kappa shape index (κ3) is 4.86. The van der Waals surface area contributed by atoms with Crippen LogP contribution in [0, 0.1) is 0 Å². The van der Waals surface area contributed by atoms with Gasteiger partial charge in [0, 0.05) is 44.2 Å². The summed E-state index contributed by atoms with van der Waals surface area (Å²) in [5, 5.41) is 0. The van der Waals surface area contributed by atoms with Gasteiger partial charge in [0.1, 0.15) is 0 Å². The van der Waals surface area contributed by atoms with Crippen LogP contribution >= 0.6 is 0 Å². The van der Waals surface area contributed by atoms with Crippen molar-refractivity contribution in [2.75, 3.05) is 31.1 Å². The van der Waals surface area contributed by atoms with E-state index >= 15 is 0 Å². The molecule has 0 atom stereocenters. The van der Waals surface area contributed by atoms with Crippen molar-refractivity contribution in [1.82, 2.24) is 4.90 Å². The molecule has 0 spiro atoms. The van der Waals surface area contributed by atoms with Crippen LogP contribution in [-0.4, -0.2) is 37.0 Å². The van der Waals surface area contributed by atoms with Crippen LogP contribution in [0.5, 0.6) is 0 Å². The number of para-hydroxylation sites is 1. The normalized spacial score (nSPS) is 14.2. The number of nitrogens with zero attached hydrogens (tertiary/aromatic N) is 2. The molecular formula is C26H28N2O. The average Bonchev–Trinajstić information content (AvgIpc) is 2.81. The zero-order valence-corrected chi connectivity index (χ0v) is 16.8. The number of hydrogen-bond acceptors (Lipinski definition) is 2. The van der Waals surface area contributed by atoms with Crippen molar-refractivity contribution in [3.05, 3.63) is 102 Å². The fourth-order valence-corrected chi connectivity index (χ4v) is 4.18. The number of carbonyl (C=O) groups is 1. The molecule has 0 aromatic heterocycles. The third-order valence-corrected chi connectivity index (χ3v) is 5.80. The minimum Gasteiger partial charge on any atom is -0.368 e. The van der Waals surface area contributed by atoms with Crippen LogP contribution in [0.25, 0.3) is 0 Å². The highest BCUT2D eigenvalue weighted by Gasteiger charge is 2.23. The second-order valence-corrected chi connectivity index (χ2v) is 7.62. The number of piperazine rings is 1. The van der Waals surface area contributed by atoms with Gasteiger partial charge in [0.05, 0.1) is 0 Å². The topological polar surface area (TPSA) is 23.6 Å². The molecule has 1 heterocycles. The van der Waals surface area contributed by atoms with Gasteiger partial charge in [0.25, 0.3) is 0 Å². The lowest BCUT2D eigenvalue weighted by Crippen LogP contribution is -2.48. The fraction of sp³-hybridized carbons (Fsp3) is 0.269. The van der Waals surface area contributed by atoms with Crippen molar-refractivity contribution in [1.29, 1.82) is 0 Å². The van der Waals surface area contributed by atoms with Crippen molar-refractivity contribution in [2.24, 2.45) is 0 Å². The van der Waals surface area contributed by atoms with Gasteiger partial charge in [-0.2, -0.15) is 0 Å². The number of benzene rings is 3. The zero-order chi connectivity index (χ0) is 19.9. The molecule has 0 aliphatic carbocycles. The number of carbonyl (C=O) groups excluding carboxylic acids is 1. The Morgan fingerprint density at radius 1 is 0.690 bits per heavy atom. The molecule has 1 saturated heterocycles. The maximum atomic E-state index is 12.9. The van der Waals surface area contributed by atoms with Gasteiger partial charge in [-0.15, -0.1) is 0 Å². The molecule has 29 heavy (non-hydrogen) atoms. The largest absolute Gasteiger partial charge is 0.368 e. The van der Waals surface area contributed by atoms with Crippen LogP contribution in [0.1, 0.15) is 29.9 Å². The molecule has 3 heteroatoms. The summed E-state index contributed by atoms with van der Waals surface area (Å²) in [7, 11) is 0. The summed E-state index contributed by atoms with van der Waals surface area (Å²) in [5.41, 5.74) is 3.80. The van der Waals surface area contributed by atoms with Gasteiger partial charge in [0.15, 0.2) is 0 Å². The van der Waals surface area contributed by atoms with Gasteiger partial charge in [-0.05, 0) is 29.7 Å². The highest BCUT2D eigenvalue weighted by Crippen LogP contribution is 2.29. The van der Waals surface area contributed by atoms with Crippen molar-refractivity contribution < 1.29 is 4.79 Å². The molecule has 1 fully saturated rings. The lowest BCUT2D eigenvalue weighted by atomic mass is 9.87. The summed E-state index contributed by atoms with van der Waals surface area (Å²) in [4.78, 5) is 17.3. The van der Waals surface area contributed by atoms with Crippen molar-refractivity contribution in [3.63, 3.8) is 0 Å². The van der Waals surface area contributed by atoms with Crippen molar-refractivity contribution >= 4 is 11.6 Å². The lowest BCUT2D eigenvalue weighted by molar-refractivity contribution is -0.131. The molecule has 3 nitrogen and oxygen atoms in total. The van der Waals surface area contributed by atoms with E-state index in [4.69, 9.17) is 0 Å². The molecule has 1 aliphatic heterocycles. The number of amides is 1. The number of hydrogen-bond donors (Lipinski definition) is 0. The predicted octanol–water partition coefficient (Wildman–Crippen LogP) is 4.95. The lowest BCUT2D eigenvalue weighted by Gasteiger charge is -2.36. The van der Waals surface area contributed by atoms with E-state index in [1.807, 2.05) is 23.1 Å². The average molecular weight is 385 g/mol. The van der Waals surface area contributed by atoms with Crippen molar-refractivity contribution in [3.8, 4) is 0 Å². The van der Waals surface area contributed by atoms with Gasteiger partial charge in [-0.25, -0.2) is 0 Å². The van der Waals surface area contributed by atoms with Crippen LogP contribution in [0.2, 0.25) is 0 Å². The van der Waals surface area contributed by atoms with E-state index in [0.717, 1.165) is 32.6 Å². The molecule has 0 bridgehead atoms. The Bertz CT molecular complexity index is 848. The second kappa shape index (κ2) is 9.42. The number of rotatable bonds is 6. The van der Waals surface area contributed by atoms with Gasteiger partial charge >= 0.3 is 0 Å². The molecule has 0 radical (unpaired) electrons. The third-order valence-electron chi connectivity index (χ3n) is 5.80. The van der Waals surface area contributed by atoms with E-state index in [-0.39, 0.29) is 11.8 Å². The van der Waals surface area contributed by atoms with Gasteiger partial charge in [0.2, 0.25) is 5.91 Å². The first kappa shape index (κ1) is 19.3. The van der Waals surface area contributed by atoms with Crippen LogP contribution in [-0.2, 0) is 4.79 Å². The minimum atomic E-state index is 0.256. The van der Waals surface area contributed by atoms with E-state index < -0.39 is 0 Å². The Hall–Kier alpha value is -3.07. The van der Waals surface area contributed by atoms with E-state index in [2.05, 4.69) is 77.7 Å². The summed E-state index contributed by atoms with van der Waals surface area (Å²) in [6.45, 7) is 3.40. The second-order valence-electron chi connectivity index (χ2n) is 7.62. The molecule has 1 aliphatic rings. The first-order valence-electron chi connectivity index (χ1n) is 10.5. The smallest absolute Gasteiger partial charge is 0.222 e. The van der Waals surface area contributed by atoms with E-state index in [9.17, 15) is 4.79 Å². The molecule has 0 unspecified atom stereocenters. The van der Waals surface area contributed by atoms with Crippen LogP contribution < -0.4 is 4.90 Å². The summed E-state index contributed by atoms with van der Waals surface area (Å²) in [5.74, 6) is 0.529. The Morgan fingerprint density at radius 3 is 1.69 bits per heavy atom. The Balaban J connectivity index is 1.36. The first-order chi connectivity index (χ1) is 14.3. The van der Waals surface area contributed by atoms with E-state index in [0.29, 0.717) is 6.42 Å². The quantitative estimate of drug-likeness (QED) is 0.600. The van der Waals surface area contributed by atoms with Gasteiger partial charge in [-0.3, -0.25) is 4.79 Å². The maximum absolute atomic E-state index is 12.9. The predicted molar refractivity (Wildman–Crippen MR) is 119 cm³/mol. The van der Waals surface area contributed by atoms with Gasteiger partial charge in [-0.1, -0.05) is 78.9 Å². The first-order valence-corrected chi connectivity index (χ1v) is 10.5. The van der Waals surface area contributed by atoms with E-state index in [1.54, 1.807) is 0 Å². The maximum Gasteiger partial charge on any atom is 0.222 e. The Labute approximate surface area is 173 Å². The molecule has 0 N–H and O–H groups in total. The Morgan fingerprint density at radius 2 is 1.17 bits per heavy atom. The van der Waals surface area contributed by atoms with Crippen molar-refractivity contribution in [2.45, 2.75) is 18.8 Å². The fourth-order valence-electron chi connectivity index (χ4n) is 4.18. The van der Waals surface area contributed by atoms with Crippen LogP contribution in [0.4, 0.5) is 5.69 Å². The highest BCUT2D eigenvalue weighted by molar-refractivity contribution is 5.76. The van der Waals surface area contributed by atoms with Crippen LogP contribution in [0.3, 0.4) is 0 Å². The molecule has 1 amide bonds.